The van der Waals surface area contributed by atoms with Crippen molar-refractivity contribution in [1.29, 1.82) is 5.26 Å². The van der Waals surface area contributed by atoms with E-state index in [2.05, 4.69) is 0 Å². The van der Waals surface area contributed by atoms with Gasteiger partial charge in [-0.05, 0) is 18.4 Å². The molecule has 0 bridgehead atoms. The van der Waals surface area contributed by atoms with E-state index in [9.17, 15) is 4.39 Å². The number of nitrogens with zero attached hydrogens (tertiary/aromatic N) is 1. The Kier molecular flexibility index (Phi) is 1.86. The Morgan fingerprint density at radius 1 is 1.80 bits per heavy atom. The van der Waals surface area contributed by atoms with Crippen LogP contribution in [0.4, 0.5) is 4.39 Å². The monoisotopic (exact) mass is 137 g/mol. The van der Waals surface area contributed by atoms with Crippen molar-refractivity contribution in [2.45, 2.75) is 13.3 Å². The van der Waals surface area contributed by atoms with E-state index in [0.717, 1.165) is 6.42 Å². The van der Waals surface area contributed by atoms with Crippen LogP contribution in [0.5, 0.6) is 0 Å². The van der Waals surface area contributed by atoms with Crippen molar-refractivity contribution in [1.82, 2.24) is 0 Å². The summed E-state index contributed by atoms with van der Waals surface area (Å²) in [7, 11) is 0. The average molecular weight is 137 g/mol. The highest BCUT2D eigenvalue weighted by Gasteiger charge is 2.14. The van der Waals surface area contributed by atoms with Crippen LogP contribution in [0.15, 0.2) is 23.6 Å². The van der Waals surface area contributed by atoms with Crippen molar-refractivity contribution >= 4 is 0 Å². The second-order valence-electron chi connectivity index (χ2n) is 2.41. The summed E-state index contributed by atoms with van der Waals surface area (Å²) in [6, 6.07) is 1.86. The smallest absolute Gasteiger partial charge is 0.136 e. The van der Waals surface area contributed by atoms with Gasteiger partial charge < -0.3 is 0 Å². The topological polar surface area (TPSA) is 23.8 Å². The van der Waals surface area contributed by atoms with Crippen LogP contribution in [-0.4, -0.2) is 0 Å². The SMILES string of the molecule is CC1CC=CC(F)=C1C#N. The third kappa shape index (κ3) is 1.08. The molecular formula is C8H8FN. The molecule has 0 N–H and O–H groups in total. The number of halogens is 1. The molecule has 1 unspecified atom stereocenters. The van der Waals surface area contributed by atoms with Gasteiger partial charge in [-0.1, -0.05) is 13.0 Å². The maximum atomic E-state index is 12.7. The molecule has 0 saturated heterocycles. The number of allylic oxidation sites excluding steroid dienone is 4. The van der Waals surface area contributed by atoms with Crippen molar-refractivity contribution in [2.24, 2.45) is 5.92 Å². The molecule has 0 aromatic rings. The van der Waals surface area contributed by atoms with Crippen molar-refractivity contribution in [3.63, 3.8) is 0 Å². The number of hydrogen-bond acceptors (Lipinski definition) is 1. The summed E-state index contributed by atoms with van der Waals surface area (Å²) in [5.74, 6) is -0.323. The first-order chi connectivity index (χ1) is 4.75. The number of nitriles is 1. The van der Waals surface area contributed by atoms with Gasteiger partial charge in [0.1, 0.15) is 5.83 Å². The van der Waals surface area contributed by atoms with Crippen LogP contribution in [0.2, 0.25) is 0 Å². The standard InChI is InChI=1S/C8H8FN/c1-6-3-2-4-8(9)7(6)5-10/h2,4,6H,3H2,1H3. The third-order valence-corrected chi connectivity index (χ3v) is 1.62. The quantitative estimate of drug-likeness (QED) is 0.502. The van der Waals surface area contributed by atoms with E-state index in [1.807, 2.05) is 13.0 Å². The summed E-state index contributed by atoms with van der Waals surface area (Å²) >= 11 is 0. The average Bonchev–Trinajstić information content (AvgIpc) is 1.88. The van der Waals surface area contributed by atoms with Crippen LogP contribution >= 0.6 is 0 Å². The fraction of sp³-hybridized carbons (Fsp3) is 0.375. The second-order valence-corrected chi connectivity index (χ2v) is 2.41. The van der Waals surface area contributed by atoms with E-state index in [1.54, 1.807) is 6.08 Å². The van der Waals surface area contributed by atoms with Crippen LogP contribution in [0, 0.1) is 17.2 Å². The van der Waals surface area contributed by atoms with Gasteiger partial charge in [-0.25, -0.2) is 4.39 Å². The summed E-state index contributed by atoms with van der Waals surface area (Å²) < 4.78 is 12.7. The van der Waals surface area contributed by atoms with E-state index in [-0.39, 0.29) is 17.3 Å². The van der Waals surface area contributed by atoms with E-state index in [4.69, 9.17) is 5.26 Å². The molecule has 0 spiro atoms. The van der Waals surface area contributed by atoms with Crippen LogP contribution in [0.3, 0.4) is 0 Å². The predicted molar refractivity (Wildman–Crippen MR) is 36.7 cm³/mol. The Labute approximate surface area is 59.5 Å². The highest BCUT2D eigenvalue weighted by molar-refractivity contribution is 5.35. The molecule has 0 amide bonds. The highest BCUT2D eigenvalue weighted by atomic mass is 19.1. The lowest BCUT2D eigenvalue weighted by Gasteiger charge is -2.10. The molecule has 52 valence electrons. The first-order valence-corrected chi connectivity index (χ1v) is 3.22. The molecule has 1 aliphatic rings. The predicted octanol–water partition coefficient (Wildman–Crippen LogP) is 2.33. The van der Waals surface area contributed by atoms with Crippen LogP contribution in [0.25, 0.3) is 0 Å². The van der Waals surface area contributed by atoms with E-state index in [0.29, 0.717) is 0 Å². The Morgan fingerprint density at radius 3 is 2.90 bits per heavy atom. The molecule has 0 aromatic heterocycles. The first kappa shape index (κ1) is 7.01. The molecule has 0 heterocycles. The zero-order valence-electron chi connectivity index (χ0n) is 5.76. The second kappa shape index (κ2) is 2.66. The van der Waals surface area contributed by atoms with Crippen molar-refractivity contribution < 1.29 is 4.39 Å². The molecule has 0 fully saturated rings. The van der Waals surface area contributed by atoms with Gasteiger partial charge in [0.15, 0.2) is 0 Å². The highest BCUT2D eigenvalue weighted by Crippen LogP contribution is 2.24. The molecule has 1 rings (SSSR count). The van der Waals surface area contributed by atoms with Crippen LogP contribution < -0.4 is 0 Å². The number of rotatable bonds is 0. The molecule has 0 aliphatic heterocycles. The summed E-state index contributed by atoms with van der Waals surface area (Å²) in [5.41, 5.74) is 0.280. The summed E-state index contributed by atoms with van der Waals surface area (Å²) in [6.45, 7) is 1.85. The number of hydrogen-bond donors (Lipinski definition) is 0. The minimum atomic E-state index is -0.374. The fourth-order valence-corrected chi connectivity index (χ4v) is 0.982. The van der Waals surface area contributed by atoms with Gasteiger partial charge in [-0.15, -0.1) is 0 Å². The Balaban J connectivity index is 2.97. The molecule has 2 heteroatoms. The summed E-state index contributed by atoms with van der Waals surface area (Å²) in [5, 5.41) is 8.45. The molecule has 1 atom stereocenters. The normalized spacial score (nSPS) is 24.7. The van der Waals surface area contributed by atoms with Gasteiger partial charge >= 0.3 is 0 Å². The van der Waals surface area contributed by atoms with Crippen molar-refractivity contribution in [3.8, 4) is 6.07 Å². The molecule has 10 heavy (non-hydrogen) atoms. The first-order valence-electron chi connectivity index (χ1n) is 3.22. The van der Waals surface area contributed by atoms with Crippen molar-refractivity contribution in [2.75, 3.05) is 0 Å². The van der Waals surface area contributed by atoms with Gasteiger partial charge in [0.05, 0.1) is 11.6 Å². The van der Waals surface area contributed by atoms with Crippen LogP contribution in [0.1, 0.15) is 13.3 Å². The maximum Gasteiger partial charge on any atom is 0.136 e. The third-order valence-electron chi connectivity index (χ3n) is 1.62. The maximum absolute atomic E-state index is 12.7. The largest absolute Gasteiger partial charge is 0.206 e. The van der Waals surface area contributed by atoms with E-state index >= 15 is 0 Å². The minimum Gasteiger partial charge on any atom is -0.206 e. The lowest BCUT2D eigenvalue weighted by atomic mass is 9.94. The molecular weight excluding hydrogens is 129 g/mol. The van der Waals surface area contributed by atoms with Gasteiger partial charge in [-0.3, -0.25) is 0 Å². The van der Waals surface area contributed by atoms with Gasteiger partial charge in [0.25, 0.3) is 0 Å². The Hall–Kier alpha value is -1.10. The lowest BCUT2D eigenvalue weighted by Crippen LogP contribution is -2.01. The van der Waals surface area contributed by atoms with Crippen molar-refractivity contribution in [3.05, 3.63) is 23.6 Å². The minimum absolute atomic E-state index is 0.0509. The van der Waals surface area contributed by atoms with Gasteiger partial charge in [0, 0.05) is 0 Å². The summed E-state index contributed by atoms with van der Waals surface area (Å²) in [6.07, 6.45) is 3.88. The van der Waals surface area contributed by atoms with E-state index < -0.39 is 0 Å². The lowest BCUT2D eigenvalue weighted by molar-refractivity contribution is 0.598. The molecule has 0 radical (unpaired) electrons. The molecule has 0 aromatic carbocycles. The van der Waals surface area contributed by atoms with Gasteiger partial charge in [0.2, 0.25) is 0 Å². The zero-order valence-corrected chi connectivity index (χ0v) is 5.76. The Bertz CT molecular complexity index is 232. The van der Waals surface area contributed by atoms with Gasteiger partial charge in [-0.2, -0.15) is 5.26 Å². The molecule has 1 aliphatic carbocycles. The Morgan fingerprint density at radius 2 is 2.50 bits per heavy atom. The zero-order chi connectivity index (χ0) is 7.56. The molecule has 0 saturated carbocycles. The fourth-order valence-electron chi connectivity index (χ4n) is 0.982. The molecule has 1 nitrogen and oxygen atoms in total. The summed E-state index contributed by atoms with van der Waals surface area (Å²) in [4.78, 5) is 0. The van der Waals surface area contributed by atoms with E-state index in [1.165, 1.54) is 6.08 Å². The van der Waals surface area contributed by atoms with Crippen LogP contribution in [-0.2, 0) is 0 Å².